The molecule has 0 saturated heterocycles. The molecule has 0 spiro atoms. The van der Waals surface area contributed by atoms with Gasteiger partial charge in [-0.2, -0.15) is 0 Å². The molecule has 2 heteroatoms. The molecule has 1 nitrogen and oxygen atoms in total. The molecule has 0 atom stereocenters. The highest BCUT2D eigenvalue weighted by molar-refractivity contribution is 5.15. The average Bonchev–Trinajstić information content (AvgIpc) is 2.67. The van der Waals surface area contributed by atoms with Crippen LogP contribution < -0.4 is 0 Å². The Bertz CT molecular complexity index is 507. The lowest BCUT2D eigenvalue weighted by molar-refractivity contribution is -0.00283. The highest BCUT2D eigenvalue weighted by Crippen LogP contribution is 2.41. The third-order valence-electron chi connectivity index (χ3n) is 6.45. The first-order valence-electron chi connectivity index (χ1n) is 10.2. The van der Waals surface area contributed by atoms with Gasteiger partial charge in [-0.15, -0.1) is 6.58 Å². The van der Waals surface area contributed by atoms with Crippen molar-refractivity contribution in [3.63, 3.8) is 0 Å². The monoisotopic (exact) mass is 344 g/mol. The van der Waals surface area contributed by atoms with Crippen molar-refractivity contribution < 1.29 is 9.13 Å². The highest BCUT2D eigenvalue weighted by Gasteiger charge is 2.30. The Morgan fingerprint density at radius 3 is 2.12 bits per heavy atom. The average molecular weight is 345 g/mol. The third kappa shape index (κ3) is 5.67. The van der Waals surface area contributed by atoms with Crippen LogP contribution in [0.5, 0.6) is 0 Å². The summed E-state index contributed by atoms with van der Waals surface area (Å²) in [4.78, 5) is 0. The molecule has 0 amide bonds. The summed E-state index contributed by atoms with van der Waals surface area (Å²) < 4.78 is 19.0. The van der Waals surface area contributed by atoms with Crippen LogP contribution in [0.25, 0.3) is 0 Å². The maximum atomic E-state index is 12.9. The van der Waals surface area contributed by atoms with Crippen LogP contribution in [0.4, 0.5) is 4.39 Å². The van der Waals surface area contributed by atoms with E-state index in [0.717, 1.165) is 23.3 Å². The van der Waals surface area contributed by atoms with Crippen molar-refractivity contribution in [2.75, 3.05) is 0 Å². The molecule has 0 radical (unpaired) electrons. The number of rotatable bonds is 7. The molecule has 138 valence electrons. The summed E-state index contributed by atoms with van der Waals surface area (Å²) in [5, 5.41) is 0. The number of hydrogen-bond acceptors (Lipinski definition) is 1. The molecule has 2 fully saturated rings. The van der Waals surface area contributed by atoms with Crippen LogP contribution in [-0.2, 0) is 11.3 Å². The number of hydrogen-bond donors (Lipinski definition) is 0. The minimum Gasteiger partial charge on any atom is -0.374 e. The maximum absolute atomic E-state index is 12.9. The van der Waals surface area contributed by atoms with Gasteiger partial charge >= 0.3 is 0 Å². The van der Waals surface area contributed by atoms with E-state index >= 15 is 0 Å². The van der Waals surface area contributed by atoms with E-state index in [1.165, 1.54) is 76.3 Å². The van der Waals surface area contributed by atoms with Crippen molar-refractivity contribution in [3.05, 3.63) is 48.3 Å². The smallest absolute Gasteiger partial charge is 0.123 e. The second-order valence-corrected chi connectivity index (χ2v) is 8.12. The van der Waals surface area contributed by atoms with E-state index < -0.39 is 0 Å². The van der Waals surface area contributed by atoms with Gasteiger partial charge in [0, 0.05) is 0 Å². The molecule has 25 heavy (non-hydrogen) atoms. The highest BCUT2D eigenvalue weighted by atomic mass is 19.1. The van der Waals surface area contributed by atoms with Crippen LogP contribution in [0.2, 0.25) is 0 Å². The summed E-state index contributed by atoms with van der Waals surface area (Å²) in [6.45, 7) is 4.47. The summed E-state index contributed by atoms with van der Waals surface area (Å²) in [6.07, 6.45) is 15.8. The number of halogens is 1. The van der Waals surface area contributed by atoms with Crippen LogP contribution in [0.1, 0.15) is 69.8 Å². The zero-order valence-electron chi connectivity index (χ0n) is 15.5. The van der Waals surface area contributed by atoms with Crippen molar-refractivity contribution in [2.24, 2.45) is 17.8 Å². The predicted octanol–water partition coefficient (Wildman–Crippen LogP) is 6.67. The molecule has 3 rings (SSSR count). The van der Waals surface area contributed by atoms with E-state index in [2.05, 4.69) is 12.7 Å². The molecule has 2 saturated carbocycles. The molecule has 0 unspecified atom stereocenters. The van der Waals surface area contributed by atoms with Gasteiger partial charge in [0.25, 0.3) is 0 Å². The van der Waals surface area contributed by atoms with Gasteiger partial charge in [0.2, 0.25) is 0 Å². The van der Waals surface area contributed by atoms with E-state index in [-0.39, 0.29) is 5.82 Å². The molecule has 0 aliphatic heterocycles. The van der Waals surface area contributed by atoms with E-state index in [0.29, 0.717) is 12.7 Å². The van der Waals surface area contributed by atoms with Crippen LogP contribution >= 0.6 is 0 Å². The zero-order chi connectivity index (χ0) is 17.5. The van der Waals surface area contributed by atoms with Crippen molar-refractivity contribution in [1.82, 2.24) is 0 Å². The minimum atomic E-state index is -0.177. The normalized spacial score (nSPS) is 30.1. The van der Waals surface area contributed by atoms with Crippen molar-refractivity contribution in [1.29, 1.82) is 0 Å². The predicted molar refractivity (Wildman–Crippen MR) is 102 cm³/mol. The maximum Gasteiger partial charge on any atom is 0.123 e. The quantitative estimate of drug-likeness (QED) is 0.502. The van der Waals surface area contributed by atoms with Gasteiger partial charge in [-0.1, -0.05) is 31.1 Å². The van der Waals surface area contributed by atoms with Crippen molar-refractivity contribution in [3.8, 4) is 0 Å². The van der Waals surface area contributed by atoms with Crippen molar-refractivity contribution >= 4 is 0 Å². The third-order valence-corrected chi connectivity index (χ3v) is 6.45. The first-order chi connectivity index (χ1) is 12.2. The summed E-state index contributed by atoms with van der Waals surface area (Å²) in [5.74, 6) is 2.65. The van der Waals surface area contributed by atoms with Gasteiger partial charge in [-0.05, 0) is 86.8 Å². The number of benzene rings is 1. The molecule has 0 heterocycles. The van der Waals surface area contributed by atoms with E-state index in [4.69, 9.17) is 4.74 Å². The van der Waals surface area contributed by atoms with Crippen LogP contribution in [-0.4, -0.2) is 6.10 Å². The van der Waals surface area contributed by atoms with E-state index in [9.17, 15) is 4.39 Å². The molecule has 0 bridgehead atoms. The Hall–Kier alpha value is -1.15. The first kappa shape index (κ1) is 18.6. The fourth-order valence-corrected chi connectivity index (χ4v) is 4.82. The largest absolute Gasteiger partial charge is 0.374 e. The van der Waals surface area contributed by atoms with Crippen LogP contribution in [0.15, 0.2) is 36.9 Å². The standard InChI is InChI=1S/C23H33FO/c1-2-3-4-18-5-9-20(10-6-18)21-11-15-23(16-12-21)25-17-19-7-13-22(24)14-8-19/h2,7-8,13-14,18,20-21,23H,1,3-6,9-12,15-17H2/t18-,20-,21?,23?. The van der Waals surface area contributed by atoms with Gasteiger partial charge in [0.1, 0.15) is 5.82 Å². The topological polar surface area (TPSA) is 9.23 Å². The van der Waals surface area contributed by atoms with Gasteiger partial charge in [-0.3, -0.25) is 0 Å². The van der Waals surface area contributed by atoms with Crippen LogP contribution in [0, 0.1) is 23.6 Å². The molecule has 2 aliphatic carbocycles. The summed E-state index contributed by atoms with van der Waals surface area (Å²) in [7, 11) is 0. The van der Waals surface area contributed by atoms with Gasteiger partial charge < -0.3 is 4.74 Å². The fraction of sp³-hybridized carbons (Fsp3) is 0.652. The lowest BCUT2D eigenvalue weighted by Gasteiger charge is -2.37. The second-order valence-electron chi connectivity index (χ2n) is 8.12. The SMILES string of the molecule is C=CCC[C@H]1CC[C@H](C2CCC(OCc3ccc(F)cc3)CC2)CC1. The second kappa shape index (κ2) is 9.52. The molecular weight excluding hydrogens is 311 g/mol. The summed E-state index contributed by atoms with van der Waals surface area (Å²) in [5.41, 5.74) is 1.07. The molecule has 0 N–H and O–H groups in total. The zero-order valence-corrected chi connectivity index (χ0v) is 15.5. The van der Waals surface area contributed by atoms with Crippen LogP contribution in [0.3, 0.4) is 0 Å². The van der Waals surface area contributed by atoms with Crippen molar-refractivity contribution in [2.45, 2.75) is 76.9 Å². The summed E-state index contributed by atoms with van der Waals surface area (Å²) in [6, 6.07) is 6.68. The molecule has 0 aromatic heterocycles. The Morgan fingerprint density at radius 2 is 1.52 bits per heavy atom. The number of allylic oxidation sites excluding steroid dienone is 1. The van der Waals surface area contributed by atoms with E-state index in [1.54, 1.807) is 0 Å². The lowest BCUT2D eigenvalue weighted by Crippen LogP contribution is -2.28. The van der Waals surface area contributed by atoms with E-state index in [1.807, 2.05) is 12.1 Å². The molecule has 1 aromatic rings. The molecular formula is C23H33FO. The fourth-order valence-electron chi connectivity index (χ4n) is 4.82. The Kier molecular flexibility index (Phi) is 7.10. The minimum absolute atomic E-state index is 0.177. The molecule has 2 aliphatic rings. The Labute approximate surface area is 152 Å². The first-order valence-corrected chi connectivity index (χ1v) is 10.2. The lowest BCUT2D eigenvalue weighted by atomic mass is 9.70. The summed E-state index contributed by atoms with van der Waals surface area (Å²) >= 11 is 0. The number of ether oxygens (including phenoxy) is 1. The van der Waals surface area contributed by atoms with Gasteiger partial charge in [0.05, 0.1) is 12.7 Å². The Morgan fingerprint density at radius 1 is 0.920 bits per heavy atom. The van der Waals surface area contributed by atoms with Gasteiger partial charge in [0.15, 0.2) is 0 Å². The van der Waals surface area contributed by atoms with Gasteiger partial charge in [-0.25, -0.2) is 4.39 Å². The molecule has 1 aromatic carbocycles. The Balaban J connectivity index is 1.34.